The molecule has 2 heterocycles. The minimum atomic E-state index is -2.88. The molecule has 0 aliphatic carbocycles. The van der Waals surface area contributed by atoms with E-state index in [2.05, 4.69) is 86.3 Å². The van der Waals surface area contributed by atoms with Crippen LogP contribution in [0.5, 0.6) is 0 Å². The van der Waals surface area contributed by atoms with E-state index in [0.717, 1.165) is 0 Å². The van der Waals surface area contributed by atoms with Gasteiger partial charge in [-0.1, -0.05) is 100 Å². The first kappa shape index (κ1) is 46.7. The number of hydrogen-bond acceptors (Lipinski definition) is 12. The summed E-state index contributed by atoms with van der Waals surface area (Å²) in [5.41, 5.74) is 8.39. The summed E-state index contributed by atoms with van der Waals surface area (Å²) in [5.74, 6) is -2.10. The van der Waals surface area contributed by atoms with Crippen LogP contribution in [0.1, 0.15) is 75.2 Å². The molecule has 0 N–H and O–H groups in total. The van der Waals surface area contributed by atoms with Gasteiger partial charge in [-0.3, -0.25) is 0 Å². The summed E-state index contributed by atoms with van der Waals surface area (Å²) in [6.45, 7) is 18.1. The monoisotopic (exact) mass is 824 g/mol. The molecule has 15 heteroatoms. The SMILES string of the molecule is COC(=O)OC1C(O[C@H]([C@@H](C)C2=C(C)C(=O)OC(C)(C)O2)[C@@](C)(C[C@@H](C)CO[Si](c2ccccc2)(c2ccccc2)C(C)(C)C)OC)OC(CN=[N+]=[N-])CC1N(C)C. The van der Waals surface area contributed by atoms with Crippen LogP contribution in [0.4, 0.5) is 4.79 Å². The second kappa shape index (κ2) is 19.4. The number of methoxy groups -OCH3 is 2. The van der Waals surface area contributed by atoms with E-state index < -0.39 is 68.4 Å². The molecule has 0 aromatic heterocycles. The minimum absolute atomic E-state index is 0.0252. The Morgan fingerprint density at radius 3 is 2.10 bits per heavy atom. The molecule has 4 rings (SSSR count). The highest BCUT2D eigenvalue weighted by Crippen LogP contribution is 2.42. The van der Waals surface area contributed by atoms with Crippen molar-refractivity contribution in [2.24, 2.45) is 17.0 Å². The van der Waals surface area contributed by atoms with Crippen molar-refractivity contribution in [2.75, 3.05) is 41.5 Å². The molecule has 14 nitrogen and oxygen atoms in total. The van der Waals surface area contributed by atoms with Gasteiger partial charge in [-0.25, -0.2) is 9.59 Å². The first-order valence-corrected chi connectivity index (χ1v) is 21.8. The number of carbonyl (C=O) groups excluding carboxylic acids is 2. The highest BCUT2D eigenvalue weighted by atomic mass is 28.4. The fourth-order valence-electron chi connectivity index (χ4n) is 8.43. The third-order valence-electron chi connectivity index (χ3n) is 11.2. The van der Waals surface area contributed by atoms with Crippen molar-refractivity contribution in [1.29, 1.82) is 0 Å². The van der Waals surface area contributed by atoms with Crippen LogP contribution in [0, 0.1) is 11.8 Å². The third-order valence-corrected chi connectivity index (χ3v) is 16.2. The van der Waals surface area contributed by atoms with Crippen molar-refractivity contribution in [3.8, 4) is 0 Å². The standard InChI is InChI=1S/C43H64N4O10Si/c1-28(27-52-58(41(4,5)6,32-20-16-14-17-21-32)33-22-18-15-19-23-33)25-43(9,51-13)37(29(2)35-30(3)38(48)57-42(7,8)56-35)55-39-36(54-40(49)50-12)34(47(10)11)24-31(53-39)26-45-46-44/h14-23,28-29,31,34,36-37,39H,24-27H2,1-13H3/t28-,29+,31?,34?,36?,37-,39?,43-/m1/s1. The summed E-state index contributed by atoms with van der Waals surface area (Å²) in [4.78, 5) is 30.8. The molecule has 0 amide bonds. The smallest absolute Gasteiger partial charge is 0.456 e. The van der Waals surface area contributed by atoms with Crippen LogP contribution in [0.2, 0.25) is 5.04 Å². The molecule has 0 radical (unpaired) electrons. The normalized spacial score (nSPS) is 23.7. The van der Waals surface area contributed by atoms with E-state index in [1.165, 1.54) is 17.5 Å². The summed E-state index contributed by atoms with van der Waals surface area (Å²) in [6, 6.07) is 20.5. The number of cyclic esters (lactones) is 1. The Kier molecular flexibility index (Phi) is 15.6. The topological polar surface area (TPSA) is 160 Å². The van der Waals surface area contributed by atoms with Crippen LogP contribution in [0.25, 0.3) is 10.4 Å². The molecule has 2 aliphatic heterocycles. The molecule has 1 saturated heterocycles. The van der Waals surface area contributed by atoms with Gasteiger partial charge in [0.1, 0.15) is 5.76 Å². The van der Waals surface area contributed by atoms with E-state index in [9.17, 15) is 15.1 Å². The first-order chi connectivity index (χ1) is 27.2. The number of likely N-dealkylation sites (N-methyl/N-ethyl adjacent to an activating group) is 1. The van der Waals surface area contributed by atoms with E-state index in [1.54, 1.807) is 27.9 Å². The Morgan fingerprint density at radius 1 is 1.02 bits per heavy atom. The van der Waals surface area contributed by atoms with Crippen molar-refractivity contribution < 1.29 is 47.2 Å². The van der Waals surface area contributed by atoms with Crippen LogP contribution in [0.3, 0.4) is 0 Å². The average Bonchev–Trinajstić information content (AvgIpc) is 3.17. The van der Waals surface area contributed by atoms with Crippen molar-refractivity contribution in [3.05, 3.63) is 82.4 Å². The third kappa shape index (κ3) is 10.6. The number of hydrogen-bond donors (Lipinski definition) is 0. The molecule has 2 aromatic carbocycles. The number of carbonyl (C=O) groups is 2. The molecule has 58 heavy (non-hydrogen) atoms. The average molecular weight is 825 g/mol. The van der Waals surface area contributed by atoms with Crippen molar-refractivity contribution in [2.45, 2.75) is 122 Å². The van der Waals surface area contributed by atoms with Gasteiger partial charge in [-0.05, 0) is 67.6 Å². The van der Waals surface area contributed by atoms with Crippen molar-refractivity contribution in [1.82, 2.24) is 4.90 Å². The molecule has 320 valence electrons. The first-order valence-electron chi connectivity index (χ1n) is 19.9. The lowest BCUT2D eigenvalue weighted by Gasteiger charge is -2.48. The zero-order chi connectivity index (χ0) is 43.1. The second-order valence-corrected chi connectivity index (χ2v) is 21.7. The number of esters is 1. The quantitative estimate of drug-likeness (QED) is 0.0526. The molecule has 2 aromatic rings. The number of azide groups is 1. The minimum Gasteiger partial charge on any atom is -0.456 e. The summed E-state index contributed by atoms with van der Waals surface area (Å²) in [5, 5.41) is 5.91. The maximum atomic E-state index is 13.2. The van der Waals surface area contributed by atoms with Crippen LogP contribution < -0.4 is 10.4 Å². The Hall–Kier alpha value is -3.95. The Morgan fingerprint density at radius 2 is 1.60 bits per heavy atom. The molecular formula is C43H64N4O10Si. The van der Waals surface area contributed by atoms with E-state index in [0.29, 0.717) is 30.8 Å². The zero-order valence-corrected chi connectivity index (χ0v) is 37.5. The van der Waals surface area contributed by atoms with E-state index in [4.69, 9.17) is 37.6 Å². The number of benzene rings is 2. The molecule has 8 atom stereocenters. The fraction of sp³-hybridized carbons (Fsp3) is 0.628. The highest BCUT2D eigenvalue weighted by molar-refractivity contribution is 6.99. The Bertz CT molecular complexity index is 1730. The molecule has 0 saturated carbocycles. The van der Waals surface area contributed by atoms with E-state index in [1.807, 2.05) is 45.0 Å². The summed E-state index contributed by atoms with van der Waals surface area (Å²) < 4.78 is 50.1. The Balaban J connectivity index is 1.80. The van der Waals surface area contributed by atoms with Crippen LogP contribution in [-0.4, -0.2) is 109 Å². The Labute approximate surface area is 345 Å². The summed E-state index contributed by atoms with van der Waals surface area (Å²) in [6.07, 6.45) is -3.71. The van der Waals surface area contributed by atoms with Gasteiger partial charge < -0.3 is 42.5 Å². The van der Waals surface area contributed by atoms with E-state index in [-0.39, 0.29) is 17.5 Å². The lowest BCUT2D eigenvalue weighted by molar-refractivity contribution is -0.300. The highest BCUT2D eigenvalue weighted by Gasteiger charge is 2.53. The molecular weight excluding hydrogens is 761 g/mol. The molecule has 0 bridgehead atoms. The summed E-state index contributed by atoms with van der Waals surface area (Å²) >= 11 is 0. The lowest BCUT2D eigenvalue weighted by atomic mass is 9.80. The zero-order valence-electron chi connectivity index (χ0n) is 36.5. The number of rotatable bonds is 17. The molecule has 2 aliphatic rings. The van der Waals surface area contributed by atoms with Gasteiger partial charge in [0.2, 0.25) is 5.79 Å². The molecule has 1 fully saturated rings. The van der Waals surface area contributed by atoms with Crippen LogP contribution in [0.15, 0.2) is 77.1 Å². The second-order valence-electron chi connectivity index (χ2n) is 17.4. The lowest BCUT2D eigenvalue weighted by Crippen LogP contribution is -2.67. The van der Waals surface area contributed by atoms with Crippen molar-refractivity contribution in [3.63, 3.8) is 0 Å². The number of nitrogens with zero attached hydrogens (tertiary/aromatic N) is 4. The fourth-order valence-corrected chi connectivity index (χ4v) is 13.1. The maximum absolute atomic E-state index is 13.2. The van der Waals surface area contributed by atoms with Gasteiger partial charge >= 0.3 is 12.1 Å². The van der Waals surface area contributed by atoms with E-state index >= 15 is 0 Å². The predicted octanol–water partition coefficient (Wildman–Crippen LogP) is 7.11. The van der Waals surface area contributed by atoms with Gasteiger partial charge in [0, 0.05) is 38.4 Å². The number of ether oxygens (including phenoxy) is 7. The largest absolute Gasteiger partial charge is 0.508 e. The summed E-state index contributed by atoms with van der Waals surface area (Å²) in [7, 11) is 3.69. The van der Waals surface area contributed by atoms with Crippen LogP contribution >= 0.6 is 0 Å². The van der Waals surface area contributed by atoms with Crippen LogP contribution in [-0.2, 0) is 42.4 Å². The molecule has 0 spiro atoms. The maximum Gasteiger partial charge on any atom is 0.508 e. The van der Waals surface area contributed by atoms with Gasteiger partial charge in [-0.15, -0.1) is 0 Å². The van der Waals surface area contributed by atoms with Gasteiger partial charge in [0.05, 0.1) is 43.1 Å². The van der Waals surface area contributed by atoms with Gasteiger partial charge in [0.15, 0.2) is 12.4 Å². The van der Waals surface area contributed by atoms with Gasteiger partial charge in [0.25, 0.3) is 8.32 Å². The van der Waals surface area contributed by atoms with Crippen molar-refractivity contribution >= 4 is 30.8 Å². The van der Waals surface area contributed by atoms with Gasteiger partial charge in [-0.2, -0.15) is 0 Å². The molecule has 4 unspecified atom stereocenters. The predicted molar refractivity (Wildman–Crippen MR) is 223 cm³/mol.